The van der Waals surface area contributed by atoms with Crippen LogP contribution in [0.15, 0.2) is 12.1 Å². The fourth-order valence-corrected chi connectivity index (χ4v) is 1.92. The molecule has 0 radical (unpaired) electrons. The molecule has 0 aliphatic heterocycles. The second-order valence-electron chi connectivity index (χ2n) is 5.76. The summed E-state index contributed by atoms with van der Waals surface area (Å²) < 4.78 is 6.05. The summed E-state index contributed by atoms with van der Waals surface area (Å²) in [6.45, 7) is 10.7. The first-order valence-electron chi connectivity index (χ1n) is 6.17. The van der Waals surface area contributed by atoms with Crippen LogP contribution < -0.4 is 10.5 Å². The van der Waals surface area contributed by atoms with E-state index in [0.29, 0.717) is 12.1 Å². The Labute approximate surface area is 110 Å². The quantitative estimate of drug-likeness (QED) is 0.892. The summed E-state index contributed by atoms with van der Waals surface area (Å²) in [6.07, 6.45) is -0.0390. The van der Waals surface area contributed by atoms with Crippen LogP contribution in [0.4, 0.5) is 0 Å². The zero-order chi connectivity index (χ0) is 13.9. The van der Waals surface area contributed by atoms with Crippen LogP contribution in [0.1, 0.15) is 37.5 Å². The van der Waals surface area contributed by atoms with Gasteiger partial charge in [0.2, 0.25) is 0 Å². The standard InChI is InChI=1S/C15H22N2O/c1-10-6-12(8-16)7-11(2)14(10)18-13(9-17)15(3,4)5/h6-7,13H,9,17H2,1-5H3. The monoisotopic (exact) mass is 246 g/mol. The van der Waals surface area contributed by atoms with Crippen molar-refractivity contribution in [3.05, 3.63) is 28.8 Å². The number of hydrogen-bond acceptors (Lipinski definition) is 3. The lowest BCUT2D eigenvalue weighted by Gasteiger charge is -2.31. The van der Waals surface area contributed by atoms with E-state index >= 15 is 0 Å². The Kier molecular flexibility index (Phi) is 4.37. The van der Waals surface area contributed by atoms with E-state index < -0.39 is 0 Å². The molecular weight excluding hydrogens is 224 g/mol. The van der Waals surface area contributed by atoms with Crippen molar-refractivity contribution in [2.45, 2.75) is 40.7 Å². The van der Waals surface area contributed by atoms with Crippen molar-refractivity contribution in [1.82, 2.24) is 0 Å². The summed E-state index contributed by atoms with van der Waals surface area (Å²) in [5.74, 6) is 0.847. The Morgan fingerprint density at radius 1 is 1.28 bits per heavy atom. The normalized spacial score (nSPS) is 12.9. The molecule has 1 aromatic rings. The molecule has 0 aliphatic rings. The molecule has 0 heterocycles. The molecular formula is C15H22N2O. The third kappa shape index (κ3) is 3.24. The van der Waals surface area contributed by atoms with Gasteiger partial charge in [-0.3, -0.25) is 0 Å². The lowest BCUT2D eigenvalue weighted by molar-refractivity contribution is 0.0927. The summed E-state index contributed by atoms with van der Waals surface area (Å²) in [4.78, 5) is 0. The molecule has 1 unspecified atom stereocenters. The molecule has 1 atom stereocenters. The minimum Gasteiger partial charge on any atom is -0.488 e. The summed E-state index contributed by atoms with van der Waals surface area (Å²) in [5.41, 5.74) is 8.40. The van der Waals surface area contributed by atoms with Crippen molar-refractivity contribution in [3.63, 3.8) is 0 Å². The van der Waals surface area contributed by atoms with E-state index in [1.807, 2.05) is 26.0 Å². The average molecular weight is 246 g/mol. The second-order valence-corrected chi connectivity index (χ2v) is 5.76. The molecule has 3 nitrogen and oxygen atoms in total. The molecule has 0 bridgehead atoms. The van der Waals surface area contributed by atoms with Crippen molar-refractivity contribution < 1.29 is 4.74 Å². The van der Waals surface area contributed by atoms with Crippen molar-refractivity contribution in [2.24, 2.45) is 11.1 Å². The van der Waals surface area contributed by atoms with E-state index in [9.17, 15) is 0 Å². The van der Waals surface area contributed by atoms with E-state index in [1.165, 1.54) is 0 Å². The summed E-state index contributed by atoms with van der Waals surface area (Å²) in [5, 5.41) is 8.92. The van der Waals surface area contributed by atoms with Gasteiger partial charge < -0.3 is 10.5 Å². The molecule has 3 heteroatoms. The van der Waals surface area contributed by atoms with E-state index in [0.717, 1.165) is 16.9 Å². The van der Waals surface area contributed by atoms with Crippen LogP contribution in [0.5, 0.6) is 5.75 Å². The minimum absolute atomic E-state index is 0.0124. The number of nitriles is 1. The molecule has 98 valence electrons. The number of rotatable bonds is 3. The highest BCUT2D eigenvalue weighted by atomic mass is 16.5. The lowest BCUT2D eigenvalue weighted by Crippen LogP contribution is -2.39. The Bertz CT molecular complexity index is 443. The smallest absolute Gasteiger partial charge is 0.125 e. The predicted molar refractivity (Wildman–Crippen MR) is 73.6 cm³/mol. The van der Waals surface area contributed by atoms with Gasteiger partial charge in [0.25, 0.3) is 0 Å². The van der Waals surface area contributed by atoms with Gasteiger partial charge in [-0.1, -0.05) is 20.8 Å². The van der Waals surface area contributed by atoms with Gasteiger partial charge in [0.1, 0.15) is 11.9 Å². The van der Waals surface area contributed by atoms with Gasteiger partial charge in [0, 0.05) is 12.0 Å². The molecule has 1 aromatic carbocycles. The van der Waals surface area contributed by atoms with Crippen LogP contribution in [0.3, 0.4) is 0 Å². The van der Waals surface area contributed by atoms with E-state index in [1.54, 1.807) is 0 Å². The lowest BCUT2D eigenvalue weighted by atomic mass is 9.89. The zero-order valence-corrected chi connectivity index (χ0v) is 11.9. The Morgan fingerprint density at radius 3 is 2.11 bits per heavy atom. The molecule has 0 spiro atoms. The van der Waals surface area contributed by atoms with Gasteiger partial charge in [0.05, 0.1) is 11.6 Å². The highest BCUT2D eigenvalue weighted by Crippen LogP contribution is 2.30. The highest BCUT2D eigenvalue weighted by molar-refractivity contribution is 5.47. The second kappa shape index (κ2) is 5.41. The van der Waals surface area contributed by atoms with Crippen molar-refractivity contribution in [1.29, 1.82) is 5.26 Å². The van der Waals surface area contributed by atoms with Crippen LogP contribution in [0, 0.1) is 30.6 Å². The number of nitrogens with zero attached hydrogens (tertiary/aromatic N) is 1. The average Bonchev–Trinajstić information content (AvgIpc) is 2.26. The van der Waals surface area contributed by atoms with Gasteiger partial charge in [-0.05, 0) is 37.1 Å². The van der Waals surface area contributed by atoms with Gasteiger partial charge in [-0.2, -0.15) is 5.26 Å². The summed E-state index contributed by atoms with van der Waals surface area (Å²) in [7, 11) is 0. The minimum atomic E-state index is -0.0390. The number of aryl methyl sites for hydroxylation is 2. The fourth-order valence-electron chi connectivity index (χ4n) is 1.92. The van der Waals surface area contributed by atoms with Crippen LogP contribution in [-0.2, 0) is 0 Å². The number of nitrogens with two attached hydrogens (primary N) is 1. The van der Waals surface area contributed by atoms with Crippen LogP contribution in [0.2, 0.25) is 0 Å². The van der Waals surface area contributed by atoms with Crippen LogP contribution >= 0.6 is 0 Å². The first kappa shape index (κ1) is 14.5. The Balaban J connectivity index is 3.09. The molecule has 0 saturated heterocycles. The molecule has 1 rings (SSSR count). The van der Waals surface area contributed by atoms with Crippen molar-refractivity contribution in [2.75, 3.05) is 6.54 Å². The number of ether oxygens (including phenoxy) is 1. The maximum Gasteiger partial charge on any atom is 0.125 e. The van der Waals surface area contributed by atoms with Gasteiger partial charge in [-0.15, -0.1) is 0 Å². The van der Waals surface area contributed by atoms with Crippen LogP contribution in [-0.4, -0.2) is 12.6 Å². The predicted octanol–water partition coefficient (Wildman–Crippen LogP) is 2.93. The number of benzene rings is 1. The third-order valence-corrected chi connectivity index (χ3v) is 3.03. The molecule has 0 aromatic heterocycles. The maximum absolute atomic E-state index is 8.92. The molecule has 18 heavy (non-hydrogen) atoms. The van der Waals surface area contributed by atoms with Crippen molar-refractivity contribution in [3.8, 4) is 11.8 Å². The van der Waals surface area contributed by atoms with Crippen molar-refractivity contribution >= 4 is 0 Å². The number of hydrogen-bond donors (Lipinski definition) is 1. The van der Waals surface area contributed by atoms with Gasteiger partial charge in [0.15, 0.2) is 0 Å². The maximum atomic E-state index is 8.92. The summed E-state index contributed by atoms with van der Waals surface area (Å²) >= 11 is 0. The van der Waals surface area contributed by atoms with E-state index in [2.05, 4.69) is 26.8 Å². The third-order valence-electron chi connectivity index (χ3n) is 3.03. The van der Waals surface area contributed by atoms with E-state index in [-0.39, 0.29) is 11.5 Å². The molecule has 0 amide bonds. The summed E-state index contributed by atoms with van der Waals surface area (Å²) in [6, 6.07) is 5.84. The first-order chi connectivity index (χ1) is 8.29. The zero-order valence-electron chi connectivity index (χ0n) is 11.9. The first-order valence-corrected chi connectivity index (χ1v) is 6.17. The SMILES string of the molecule is Cc1cc(C#N)cc(C)c1OC(CN)C(C)(C)C. The van der Waals surface area contributed by atoms with Crippen LogP contribution in [0.25, 0.3) is 0 Å². The molecule has 0 saturated carbocycles. The molecule has 0 fully saturated rings. The largest absolute Gasteiger partial charge is 0.488 e. The van der Waals surface area contributed by atoms with Gasteiger partial charge >= 0.3 is 0 Å². The Hall–Kier alpha value is -1.53. The Morgan fingerprint density at radius 2 is 1.78 bits per heavy atom. The van der Waals surface area contributed by atoms with E-state index in [4.69, 9.17) is 15.7 Å². The van der Waals surface area contributed by atoms with Gasteiger partial charge in [-0.25, -0.2) is 0 Å². The molecule has 0 aliphatic carbocycles. The highest BCUT2D eigenvalue weighted by Gasteiger charge is 2.26. The topological polar surface area (TPSA) is 59.0 Å². The molecule has 2 N–H and O–H groups in total. The fraction of sp³-hybridized carbons (Fsp3) is 0.533.